The molecule has 0 amide bonds. The van der Waals surface area contributed by atoms with Crippen molar-refractivity contribution in [3.05, 3.63) is 398 Å². The molecule has 3 aliphatic carbocycles. The first-order valence-electron chi connectivity index (χ1n) is 37.7. The van der Waals surface area contributed by atoms with Crippen molar-refractivity contribution in [2.24, 2.45) is 4.99 Å². The van der Waals surface area contributed by atoms with E-state index in [4.69, 9.17) is 15.0 Å². The Hall–Kier alpha value is -13.0. The molecule has 4 aliphatic rings. The van der Waals surface area contributed by atoms with E-state index in [0.29, 0.717) is 28.5 Å². The van der Waals surface area contributed by atoms with Gasteiger partial charge in [-0.15, -0.1) is 11.3 Å². The van der Waals surface area contributed by atoms with Gasteiger partial charge in [-0.2, -0.15) is 9.97 Å². The monoisotopic (exact) mass is 1630 g/mol. The van der Waals surface area contributed by atoms with Crippen LogP contribution in [-0.2, 0) is 24.9 Å². The molecule has 4 aromatic heterocycles. The molecule has 552 valence electrons. The van der Waals surface area contributed by atoms with Crippen LogP contribution < -0.4 is 20.2 Å². The van der Waals surface area contributed by atoms with Gasteiger partial charge in [0.15, 0.2) is 17.5 Å². The number of rotatable bonds is 7. The van der Waals surface area contributed by atoms with Crippen LogP contribution in [0.3, 0.4) is 0 Å². The van der Waals surface area contributed by atoms with Crippen LogP contribution in [-0.4, -0.2) is 56.6 Å². The Kier molecular flexibility index (Phi) is 21.9. The van der Waals surface area contributed by atoms with E-state index in [1.165, 1.54) is 44.5 Å². The van der Waals surface area contributed by atoms with Crippen molar-refractivity contribution >= 4 is 113 Å². The molecule has 117 heavy (non-hydrogen) atoms. The number of fused-ring (bicyclic) bond motifs is 16. The smallest absolute Gasteiger partial charge is 0.871 e. The van der Waals surface area contributed by atoms with Gasteiger partial charge in [0.1, 0.15) is 31.0 Å². The number of aromatic nitrogens is 6. The molecule has 23 rings (SSSR count). The maximum atomic E-state index is 12.6. The molecule has 0 saturated carbocycles. The van der Waals surface area contributed by atoms with Crippen molar-refractivity contribution < 1.29 is 49.9 Å². The van der Waals surface area contributed by atoms with E-state index in [1.54, 1.807) is 57.9 Å². The second kappa shape index (κ2) is 33.4. The zero-order valence-corrected chi connectivity index (χ0v) is 69.1. The number of thiazole rings is 3. The summed E-state index contributed by atoms with van der Waals surface area (Å²) in [6.07, 6.45) is 8.34. The molecule has 0 radical (unpaired) electrons. The number of hydrogen-bond donors (Lipinski definition) is 2. The van der Waals surface area contributed by atoms with E-state index < -0.39 is 5.41 Å². The summed E-state index contributed by atoms with van der Waals surface area (Å²) in [5.41, 5.74) is 19.1. The summed E-state index contributed by atoms with van der Waals surface area (Å²) in [5.74, 6) is 2.76. The fourth-order valence-corrected chi connectivity index (χ4v) is 19.9. The predicted octanol–water partition coefficient (Wildman–Crippen LogP) is 22.5. The van der Waals surface area contributed by atoms with Crippen molar-refractivity contribution in [2.45, 2.75) is 16.7 Å². The summed E-state index contributed by atoms with van der Waals surface area (Å²) in [7, 11) is 0. The topological polar surface area (TPSA) is 179 Å². The van der Waals surface area contributed by atoms with E-state index in [1.807, 2.05) is 212 Å². The number of nitrogens with zero attached hydrogens (tertiary/aromatic N) is 5. The van der Waals surface area contributed by atoms with Crippen LogP contribution in [0.5, 0.6) is 23.0 Å². The van der Waals surface area contributed by atoms with Gasteiger partial charge >= 0.3 is 10.1 Å². The number of aromatic amines is 2. The SMILES string of the molecule is Oc1ccccc1-c1nc2ccccc2s1.Oc1ccccc1C1=NC2C=CC=CC2S1.[Be+2].[O-]c1c(-c2[nH+]c3ccccc3s2)ccc2ccccc12.[O-]c1c(-c2[nH+]c3ccccc3s2)ccc2ccccc12.[Zn].c1ccc(-c2nc(-c3ccccc3)nc(-c3ccc4c(c3)C3(c5ccccc5-c5ccccc53)c3ccccc3-4)n2)cc1. The number of aromatic hydroxyl groups is 2. The number of aliphatic imine (C=N–C) groups is 1. The predicted molar refractivity (Wildman–Crippen MR) is 475 cm³/mol. The van der Waals surface area contributed by atoms with Crippen LogP contribution in [0.4, 0.5) is 0 Å². The maximum absolute atomic E-state index is 12.6. The quantitative estimate of drug-likeness (QED) is 0.147. The third kappa shape index (κ3) is 14.7. The average molecular weight is 1630 g/mol. The molecule has 17 heteroatoms. The third-order valence-electron chi connectivity index (χ3n) is 21.0. The number of para-hydroxylation sites is 5. The number of nitrogens with one attached hydrogen (secondary N) is 2. The number of benzene rings is 15. The number of hydrogen-bond acceptors (Lipinski definition) is 13. The van der Waals surface area contributed by atoms with Crippen LogP contribution in [0.25, 0.3) is 140 Å². The summed E-state index contributed by atoms with van der Waals surface area (Å²) < 4.78 is 3.46. The first-order chi connectivity index (χ1) is 56.7. The molecule has 0 saturated heterocycles. The van der Waals surface area contributed by atoms with Gasteiger partial charge in [0, 0.05) is 53.9 Å². The Morgan fingerprint density at radius 2 is 0.752 bits per heavy atom. The van der Waals surface area contributed by atoms with Gasteiger partial charge in [-0.3, -0.25) is 4.99 Å². The molecule has 2 unspecified atom stereocenters. The van der Waals surface area contributed by atoms with Gasteiger partial charge in [-0.05, 0) is 133 Å². The molecular weight excluding hydrogens is 1570 g/mol. The molecular formula is C100H67BeN7O4S4Zn+2. The van der Waals surface area contributed by atoms with Crippen LogP contribution in [0.1, 0.15) is 27.8 Å². The van der Waals surface area contributed by atoms with E-state index >= 15 is 0 Å². The average Bonchev–Trinajstić information content (AvgIpc) is 1.51. The fraction of sp³-hybridized carbons (Fsp3) is 0.0300. The summed E-state index contributed by atoms with van der Waals surface area (Å²) in [6.45, 7) is 0. The molecule has 19 aromatic rings. The zero-order valence-electron chi connectivity index (χ0n) is 62.9. The number of thioether (sulfide) groups is 1. The summed E-state index contributed by atoms with van der Waals surface area (Å²) in [5, 5.41) is 52.3. The standard InChI is InChI=1S/C40H25N3.2C17H11NOS.C13H11NOS.C13H9NOS.Be.Zn/c1-3-13-26(14-4-1)37-41-38(27-15-5-2-6-16-27)43-39(42-37)28-23-24-32-31-19-9-12-22-35(31)40(36(32)25-28)33-20-10-7-17-29(33)30-18-8-11-21-34(30)40;2*19-16-12-6-2-1-5-11(12)9-10-13(16)17-18-14-7-3-4-8-15(14)20-17;2*15-11-7-3-1-5-9(11)13-14-10-6-2-4-8-12(10)16-13;;/h1-25H;2*1-10,19H;1-8,10,12,15H;1-8,15H;;/q;;;;;+2;. The van der Waals surface area contributed by atoms with Crippen molar-refractivity contribution in [1.29, 1.82) is 0 Å². The molecule has 1 aliphatic heterocycles. The van der Waals surface area contributed by atoms with Gasteiger partial charge in [-0.25, -0.2) is 19.9 Å². The minimum Gasteiger partial charge on any atom is -0.871 e. The maximum Gasteiger partial charge on any atom is 2.00 e. The minimum absolute atomic E-state index is 0. The Morgan fingerprint density at radius 1 is 0.342 bits per heavy atom. The largest absolute Gasteiger partial charge is 2.00 e. The first kappa shape index (κ1) is 76.6. The molecule has 1 spiro atoms. The molecule has 0 fully saturated rings. The van der Waals surface area contributed by atoms with Crippen molar-refractivity contribution in [2.75, 3.05) is 0 Å². The van der Waals surface area contributed by atoms with Crippen LogP contribution in [0.2, 0.25) is 0 Å². The molecule has 2 atom stereocenters. The normalized spacial score (nSPS) is 13.8. The van der Waals surface area contributed by atoms with E-state index in [0.717, 1.165) is 111 Å². The number of phenols is 2. The zero-order chi connectivity index (χ0) is 77.4. The van der Waals surface area contributed by atoms with E-state index in [-0.39, 0.29) is 52.9 Å². The second-order valence-electron chi connectivity index (χ2n) is 27.9. The Balaban J connectivity index is 0.000000112. The summed E-state index contributed by atoms with van der Waals surface area (Å²) in [6, 6.07) is 116. The van der Waals surface area contributed by atoms with Crippen LogP contribution >= 0.6 is 45.8 Å². The molecule has 11 nitrogen and oxygen atoms in total. The molecule has 4 N–H and O–H groups in total. The number of H-pyrrole nitrogens is 2. The van der Waals surface area contributed by atoms with Gasteiger partial charge in [0.25, 0.3) is 10.0 Å². The van der Waals surface area contributed by atoms with Gasteiger partial charge < -0.3 is 20.4 Å². The first-order valence-corrected chi connectivity index (χ1v) is 41.0. The molecule has 0 bridgehead atoms. The Morgan fingerprint density at radius 3 is 1.26 bits per heavy atom. The minimum atomic E-state index is -0.410. The summed E-state index contributed by atoms with van der Waals surface area (Å²) in [4.78, 5) is 30.8. The second-order valence-corrected chi connectivity index (χ2v) is 32.2. The van der Waals surface area contributed by atoms with Gasteiger partial charge in [0.05, 0.1) is 43.6 Å². The van der Waals surface area contributed by atoms with Gasteiger partial charge in [-0.1, -0.05) is 337 Å². The molecule has 5 heterocycles. The van der Waals surface area contributed by atoms with E-state index in [9.17, 15) is 20.4 Å². The third-order valence-corrected chi connectivity index (χ3v) is 25.6. The van der Waals surface area contributed by atoms with Crippen molar-refractivity contribution in [1.82, 2.24) is 19.9 Å². The number of allylic oxidation sites excluding steroid dienone is 2. The van der Waals surface area contributed by atoms with Gasteiger partial charge in [0.2, 0.25) is 11.0 Å². The van der Waals surface area contributed by atoms with Crippen LogP contribution in [0, 0.1) is 0 Å². The summed E-state index contributed by atoms with van der Waals surface area (Å²) >= 11 is 6.54. The molecule has 15 aromatic carbocycles. The van der Waals surface area contributed by atoms with E-state index in [2.05, 4.69) is 166 Å². The number of phenolic OH excluding ortho intramolecular Hbond substituents is 2. The Bertz CT molecular complexity index is 6660. The van der Waals surface area contributed by atoms with Crippen LogP contribution in [0.15, 0.2) is 375 Å². The Labute approximate surface area is 707 Å². The fourth-order valence-electron chi connectivity index (χ4n) is 15.6. The van der Waals surface area contributed by atoms with Crippen molar-refractivity contribution in [3.63, 3.8) is 0 Å². The van der Waals surface area contributed by atoms with Crippen molar-refractivity contribution in [3.8, 4) is 111 Å².